The molecule has 0 aromatic heterocycles. The molecule has 0 aromatic carbocycles. The van der Waals surface area contributed by atoms with Gasteiger partial charge in [0, 0.05) is 0 Å². The predicted molar refractivity (Wildman–Crippen MR) is 62.4 cm³/mol. The highest BCUT2D eigenvalue weighted by atomic mass is 14.8. The van der Waals surface area contributed by atoms with Crippen LogP contribution in [0.3, 0.4) is 0 Å². The minimum atomic E-state index is 0.504. The van der Waals surface area contributed by atoms with Crippen molar-refractivity contribution >= 4 is 5.71 Å². The molecule has 0 heterocycles. The lowest BCUT2D eigenvalue weighted by molar-refractivity contribution is 0.707. The zero-order valence-electron chi connectivity index (χ0n) is 9.00. The second-order valence-electron chi connectivity index (χ2n) is 3.70. The third kappa shape index (κ3) is 2.72. The highest BCUT2D eigenvalue weighted by Gasteiger charge is 2.14. The first-order chi connectivity index (χ1) is 6.81. The maximum absolute atomic E-state index is 5.54. The first kappa shape index (κ1) is 11.0. The van der Waals surface area contributed by atoms with Gasteiger partial charge in [0.05, 0.1) is 11.8 Å². The summed E-state index contributed by atoms with van der Waals surface area (Å²) in [5, 5.41) is 0. The summed E-state index contributed by atoms with van der Waals surface area (Å²) in [6.07, 6.45) is 9.46. The molecule has 1 aliphatic carbocycles. The summed E-state index contributed by atoms with van der Waals surface area (Å²) in [7, 11) is 0. The summed E-state index contributed by atoms with van der Waals surface area (Å²) in [5.41, 5.74) is 7.63. The third-order valence-electron chi connectivity index (χ3n) is 2.75. The van der Waals surface area contributed by atoms with Crippen molar-refractivity contribution in [2.24, 2.45) is 10.7 Å². The van der Waals surface area contributed by atoms with E-state index in [1.807, 2.05) is 6.08 Å². The molecule has 2 N–H and O–H groups in total. The highest BCUT2D eigenvalue weighted by molar-refractivity contribution is 6.08. The predicted octanol–water partition coefficient (Wildman–Crippen LogP) is 2.81. The Balaban J connectivity index is 2.73. The van der Waals surface area contributed by atoms with Crippen molar-refractivity contribution in [3.8, 4) is 0 Å². The molecular weight excluding hydrogens is 172 g/mol. The Morgan fingerprint density at radius 3 is 2.57 bits per heavy atom. The van der Waals surface area contributed by atoms with Crippen LogP contribution in [0.4, 0.5) is 0 Å². The Labute approximate surface area is 86.6 Å². The molecule has 1 rings (SSSR count). The smallest absolute Gasteiger partial charge is 0.0617 e. The average Bonchev–Trinajstić information content (AvgIpc) is 2.70. The van der Waals surface area contributed by atoms with Gasteiger partial charge in [-0.3, -0.25) is 4.99 Å². The quantitative estimate of drug-likeness (QED) is 0.683. The fourth-order valence-corrected chi connectivity index (χ4v) is 1.88. The molecule has 2 nitrogen and oxygen atoms in total. The molecule has 0 amide bonds. The normalized spacial score (nSPS) is 20.1. The van der Waals surface area contributed by atoms with Crippen molar-refractivity contribution in [3.63, 3.8) is 0 Å². The summed E-state index contributed by atoms with van der Waals surface area (Å²) >= 11 is 0. The Kier molecular flexibility index (Phi) is 4.44. The number of aliphatic imine (C=N–C) groups is 1. The van der Waals surface area contributed by atoms with Gasteiger partial charge in [0.25, 0.3) is 0 Å². The Bertz CT molecular complexity index is 245. The van der Waals surface area contributed by atoms with E-state index in [-0.39, 0.29) is 0 Å². The molecular formula is C12H20N2. The van der Waals surface area contributed by atoms with Gasteiger partial charge in [-0.25, -0.2) is 0 Å². The molecule has 1 fully saturated rings. The van der Waals surface area contributed by atoms with E-state index >= 15 is 0 Å². The SMILES string of the molecule is C=CC(=NC1CCCC1)C(=CN)CC. The van der Waals surface area contributed by atoms with Crippen molar-refractivity contribution in [1.29, 1.82) is 0 Å². The minimum absolute atomic E-state index is 0.504. The van der Waals surface area contributed by atoms with Gasteiger partial charge >= 0.3 is 0 Å². The Hall–Kier alpha value is -1.05. The maximum atomic E-state index is 5.54. The van der Waals surface area contributed by atoms with Crippen LogP contribution in [0, 0.1) is 0 Å². The van der Waals surface area contributed by atoms with Crippen LogP contribution < -0.4 is 5.73 Å². The fourth-order valence-electron chi connectivity index (χ4n) is 1.88. The van der Waals surface area contributed by atoms with Crippen LogP contribution >= 0.6 is 0 Å². The second-order valence-corrected chi connectivity index (χ2v) is 3.70. The van der Waals surface area contributed by atoms with Crippen LogP contribution in [-0.4, -0.2) is 11.8 Å². The number of hydrogen-bond donors (Lipinski definition) is 1. The van der Waals surface area contributed by atoms with Crippen molar-refractivity contribution in [1.82, 2.24) is 0 Å². The molecule has 1 aliphatic rings. The van der Waals surface area contributed by atoms with Gasteiger partial charge in [-0.15, -0.1) is 0 Å². The summed E-state index contributed by atoms with van der Waals surface area (Å²) in [4.78, 5) is 4.69. The van der Waals surface area contributed by atoms with Crippen LogP contribution in [0.2, 0.25) is 0 Å². The van der Waals surface area contributed by atoms with E-state index in [4.69, 9.17) is 5.73 Å². The van der Waals surface area contributed by atoms with E-state index in [2.05, 4.69) is 18.5 Å². The standard InChI is InChI=1S/C12H20N2/c1-3-10(9-13)12(4-2)14-11-7-5-6-8-11/h4,9,11H,2-3,5-8,13H2,1H3. The lowest BCUT2D eigenvalue weighted by atomic mass is 10.1. The first-order valence-corrected chi connectivity index (χ1v) is 5.43. The van der Waals surface area contributed by atoms with Crippen molar-refractivity contribution in [3.05, 3.63) is 24.4 Å². The van der Waals surface area contributed by atoms with Crippen molar-refractivity contribution in [2.45, 2.75) is 45.1 Å². The van der Waals surface area contributed by atoms with Crippen molar-refractivity contribution < 1.29 is 0 Å². The second kappa shape index (κ2) is 5.63. The van der Waals surface area contributed by atoms with E-state index in [0.29, 0.717) is 6.04 Å². The minimum Gasteiger partial charge on any atom is -0.404 e. The maximum Gasteiger partial charge on any atom is 0.0617 e. The van der Waals surface area contributed by atoms with Gasteiger partial charge in [-0.05, 0) is 37.1 Å². The van der Waals surface area contributed by atoms with Crippen molar-refractivity contribution in [2.75, 3.05) is 0 Å². The lowest BCUT2D eigenvalue weighted by Gasteiger charge is -2.08. The van der Waals surface area contributed by atoms with E-state index in [1.54, 1.807) is 6.20 Å². The van der Waals surface area contributed by atoms with Crippen LogP contribution in [0.5, 0.6) is 0 Å². The number of nitrogens with two attached hydrogens (primary N) is 1. The molecule has 0 saturated heterocycles. The average molecular weight is 192 g/mol. The van der Waals surface area contributed by atoms with E-state index < -0.39 is 0 Å². The molecule has 0 unspecified atom stereocenters. The topological polar surface area (TPSA) is 38.4 Å². The first-order valence-electron chi connectivity index (χ1n) is 5.43. The largest absolute Gasteiger partial charge is 0.404 e. The lowest BCUT2D eigenvalue weighted by Crippen LogP contribution is -2.07. The number of rotatable bonds is 4. The summed E-state index contributed by atoms with van der Waals surface area (Å²) in [6, 6.07) is 0.504. The Morgan fingerprint density at radius 2 is 2.14 bits per heavy atom. The van der Waals surface area contributed by atoms with Gasteiger partial charge in [-0.1, -0.05) is 26.3 Å². The zero-order valence-corrected chi connectivity index (χ0v) is 9.00. The molecule has 14 heavy (non-hydrogen) atoms. The number of nitrogens with zero attached hydrogens (tertiary/aromatic N) is 1. The molecule has 0 atom stereocenters. The summed E-state index contributed by atoms with van der Waals surface area (Å²) < 4.78 is 0. The van der Waals surface area contributed by atoms with Gasteiger partial charge in [0.15, 0.2) is 0 Å². The molecule has 0 aromatic rings. The molecule has 0 bridgehead atoms. The number of allylic oxidation sites excluding steroid dienone is 2. The highest BCUT2D eigenvalue weighted by Crippen LogP contribution is 2.22. The van der Waals surface area contributed by atoms with Crippen LogP contribution in [0.1, 0.15) is 39.0 Å². The van der Waals surface area contributed by atoms with Gasteiger partial charge in [0.1, 0.15) is 0 Å². The van der Waals surface area contributed by atoms with Gasteiger partial charge in [-0.2, -0.15) is 0 Å². The zero-order chi connectivity index (χ0) is 10.4. The van der Waals surface area contributed by atoms with E-state index in [9.17, 15) is 0 Å². The summed E-state index contributed by atoms with van der Waals surface area (Å²) in [5.74, 6) is 0. The fraction of sp³-hybridized carbons (Fsp3) is 0.583. The van der Waals surface area contributed by atoms with Gasteiger partial charge in [0.2, 0.25) is 0 Å². The Morgan fingerprint density at radius 1 is 1.50 bits per heavy atom. The molecule has 2 heteroatoms. The summed E-state index contributed by atoms with van der Waals surface area (Å²) in [6.45, 7) is 5.88. The van der Waals surface area contributed by atoms with Crippen LogP contribution in [-0.2, 0) is 0 Å². The monoisotopic (exact) mass is 192 g/mol. The van der Waals surface area contributed by atoms with Crippen LogP contribution in [0.15, 0.2) is 29.4 Å². The molecule has 0 radical (unpaired) electrons. The number of hydrogen-bond acceptors (Lipinski definition) is 2. The molecule has 1 saturated carbocycles. The molecule has 0 spiro atoms. The van der Waals surface area contributed by atoms with Crippen LogP contribution in [0.25, 0.3) is 0 Å². The molecule has 78 valence electrons. The van der Waals surface area contributed by atoms with Gasteiger partial charge < -0.3 is 5.73 Å². The third-order valence-corrected chi connectivity index (χ3v) is 2.75. The van der Waals surface area contributed by atoms with E-state index in [0.717, 1.165) is 17.7 Å². The molecule has 0 aliphatic heterocycles. The van der Waals surface area contributed by atoms with E-state index in [1.165, 1.54) is 25.7 Å².